The Morgan fingerprint density at radius 3 is 2.81 bits per heavy atom. The number of rotatable bonds is 4. The lowest BCUT2D eigenvalue weighted by Crippen LogP contribution is -2.41. The lowest BCUT2D eigenvalue weighted by molar-refractivity contribution is -0.150. The highest BCUT2D eigenvalue weighted by atomic mass is 32.2. The van der Waals surface area contributed by atoms with Crippen LogP contribution in [0.3, 0.4) is 0 Å². The number of likely N-dealkylation sites (tertiary alicyclic amines) is 1. The summed E-state index contributed by atoms with van der Waals surface area (Å²) in [5, 5.41) is 0. The molecule has 0 bridgehead atoms. The molecule has 1 amide bonds. The quantitative estimate of drug-likeness (QED) is 0.631. The number of esters is 1. The Balaban J connectivity index is 1.94. The Morgan fingerprint density at radius 1 is 1.38 bits per heavy atom. The molecule has 0 N–H and O–H groups in total. The van der Waals surface area contributed by atoms with Crippen molar-refractivity contribution < 1.29 is 23.1 Å². The van der Waals surface area contributed by atoms with E-state index in [1.807, 2.05) is 0 Å². The van der Waals surface area contributed by atoms with Crippen molar-refractivity contribution in [2.75, 3.05) is 19.4 Å². The van der Waals surface area contributed by atoms with E-state index in [2.05, 4.69) is 4.74 Å². The lowest BCUT2D eigenvalue weighted by atomic mass is 10.2. The summed E-state index contributed by atoms with van der Waals surface area (Å²) in [6.07, 6.45) is 1.34. The molecule has 0 aromatic heterocycles. The molecular formula is C14H15F2NO3S. The minimum atomic E-state index is -0.943. The second-order valence-electron chi connectivity index (χ2n) is 4.63. The molecule has 7 heteroatoms. The van der Waals surface area contributed by atoms with Gasteiger partial charge in [0.2, 0.25) is 5.91 Å². The Morgan fingerprint density at radius 2 is 2.14 bits per heavy atom. The minimum absolute atomic E-state index is 0.0680. The van der Waals surface area contributed by atoms with E-state index in [4.69, 9.17) is 0 Å². The number of amides is 1. The fourth-order valence-corrected chi connectivity index (χ4v) is 3.05. The van der Waals surface area contributed by atoms with Crippen molar-refractivity contribution in [3.63, 3.8) is 0 Å². The van der Waals surface area contributed by atoms with Crippen LogP contribution >= 0.6 is 11.8 Å². The van der Waals surface area contributed by atoms with Gasteiger partial charge in [-0.15, -0.1) is 11.8 Å². The Labute approximate surface area is 125 Å². The molecule has 1 heterocycles. The molecule has 0 saturated carbocycles. The smallest absolute Gasteiger partial charge is 0.328 e. The fourth-order valence-electron chi connectivity index (χ4n) is 2.24. The first-order valence-corrected chi connectivity index (χ1v) is 7.46. The second kappa shape index (κ2) is 6.89. The molecular weight excluding hydrogens is 300 g/mol. The fraction of sp³-hybridized carbons (Fsp3) is 0.429. The average Bonchev–Trinajstić information content (AvgIpc) is 2.97. The van der Waals surface area contributed by atoms with Crippen LogP contribution in [0.4, 0.5) is 8.78 Å². The molecule has 1 saturated heterocycles. The minimum Gasteiger partial charge on any atom is -0.467 e. The zero-order chi connectivity index (χ0) is 15.4. The van der Waals surface area contributed by atoms with Crippen molar-refractivity contribution in [3.05, 3.63) is 29.8 Å². The number of thioether (sulfide) groups is 1. The van der Waals surface area contributed by atoms with E-state index in [1.165, 1.54) is 18.1 Å². The molecule has 1 atom stereocenters. The van der Waals surface area contributed by atoms with Crippen LogP contribution in [0, 0.1) is 11.6 Å². The highest BCUT2D eigenvalue weighted by Crippen LogP contribution is 2.24. The SMILES string of the molecule is COC(=O)C1CCCN1C(=O)CSc1ccc(F)c(F)c1. The summed E-state index contributed by atoms with van der Waals surface area (Å²) in [5.74, 6) is -2.42. The molecule has 1 aliphatic rings. The van der Waals surface area contributed by atoms with Crippen LogP contribution < -0.4 is 0 Å². The van der Waals surface area contributed by atoms with E-state index in [-0.39, 0.29) is 11.7 Å². The number of ether oxygens (including phenoxy) is 1. The molecule has 0 spiro atoms. The molecule has 1 unspecified atom stereocenters. The molecule has 4 nitrogen and oxygen atoms in total. The number of hydrogen-bond donors (Lipinski definition) is 0. The Bertz CT molecular complexity index is 553. The zero-order valence-electron chi connectivity index (χ0n) is 11.5. The molecule has 0 aliphatic carbocycles. The molecule has 1 aliphatic heterocycles. The van der Waals surface area contributed by atoms with Gasteiger partial charge >= 0.3 is 5.97 Å². The summed E-state index contributed by atoms with van der Waals surface area (Å²) in [6, 6.07) is 2.95. The average molecular weight is 315 g/mol. The highest BCUT2D eigenvalue weighted by Gasteiger charge is 2.34. The van der Waals surface area contributed by atoms with Gasteiger partial charge < -0.3 is 9.64 Å². The van der Waals surface area contributed by atoms with Crippen LogP contribution in [0.1, 0.15) is 12.8 Å². The summed E-state index contributed by atoms with van der Waals surface area (Å²) in [6.45, 7) is 0.511. The lowest BCUT2D eigenvalue weighted by Gasteiger charge is -2.22. The summed E-state index contributed by atoms with van der Waals surface area (Å²) < 4.78 is 30.6. The van der Waals surface area contributed by atoms with Crippen molar-refractivity contribution in [2.24, 2.45) is 0 Å². The van der Waals surface area contributed by atoms with Crippen LogP contribution in [0.15, 0.2) is 23.1 Å². The summed E-state index contributed by atoms with van der Waals surface area (Å²) >= 11 is 1.11. The van der Waals surface area contributed by atoms with Gasteiger partial charge in [-0.2, -0.15) is 0 Å². The van der Waals surface area contributed by atoms with E-state index in [0.717, 1.165) is 30.3 Å². The standard InChI is InChI=1S/C14H15F2NO3S/c1-20-14(19)12-3-2-6-17(12)13(18)8-21-9-4-5-10(15)11(16)7-9/h4-5,7,12H,2-3,6,8H2,1H3. The van der Waals surface area contributed by atoms with Gasteiger partial charge in [0, 0.05) is 11.4 Å². The summed E-state index contributed by atoms with van der Waals surface area (Å²) in [7, 11) is 1.29. The van der Waals surface area contributed by atoms with Crippen molar-refractivity contribution >= 4 is 23.6 Å². The Kier molecular flexibility index (Phi) is 5.17. The normalized spacial score (nSPS) is 17.9. The molecule has 0 radical (unpaired) electrons. The summed E-state index contributed by atoms with van der Waals surface area (Å²) in [4.78, 5) is 25.7. The van der Waals surface area contributed by atoms with Gasteiger partial charge in [-0.25, -0.2) is 13.6 Å². The first-order valence-electron chi connectivity index (χ1n) is 6.48. The van der Waals surface area contributed by atoms with Gasteiger partial charge in [0.05, 0.1) is 12.9 Å². The third kappa shape index (κ3) is 3.72. The topological polar surface area (TPSA) is 46.6 Å². The number of methoxy groups -OCH3 is 1. The van der Waals surface area contributed by atoms with Crippen molar-refractivity contribution in [1.29, 1.82) is 0 Å². The third-order valence-electron chi connectivity index (χ3n) is 3.30. The van der Waals surface area contributed by atoms with Gasteiger partial charge in [0.1, 0.15) is 6.04 Å². The monoisotopic (exact) mass is 315 g/mol. The summed E-state index contributed by atoms with van der Waals surface area (Å²) in [5.41, 5.74) is 0. The number of carbonyl (C=O) groups excluding carboxylic acids is 2. The molecule has 21 heavy (non-hydrogen) atoms. The van der Waals surface area contributed by atoms with Crippen molar-refractivity contribution in [1.82, 2.24) is 4.90 Å². The van der Waals surface area contributed by atoms with Crippen molar-refractivity contribution in [3.8, 4) is 0 Å². The molecule has 1 aromatic carbocycles. The maximum Gasteiger partial charge on any atom is 0.328 e. The maximum absolute atomic E-state index is 13.1. The Hall–Kier alpha value is -1.63. The van der Waals surface area contributed by atoms with Crippen LogP contribution in [0.25, 0.3) is 0 Å². The van der Waals surface area contributed by atoms with Gasteiger partial charge in [-0.05, 0) is 31.0 Å². The predicted molar refractivity (Wildman–Crippen MR) is 73.8 cm³/mol. The third-order valence-corrected chi connectivity index (χ3v) is 4.28. The number of hydrogen-bond acceptors (Lipinski definition) is 4. The van der Waals surface area contributed by atoms with Gasteiger partial charge in [-0.3, -0.25) is 4.79 Å². The van der Waals surface area contributed by atoms with Crippen molar-refractivity contribution in [2.45, 2.75) is 23.8 Å². The van der Waals surface area contributed by atoms with E-state index < -0.39 is 23.6 Å². The second-order valence-corrected chi connectivity index (χ2v) is 5.68. The van der Waals surface area contributed by atoms with E-state index in [1.54, 1.807) is 0 Å². The number of benzene rings is 1. The first kappa shape index (κ1) is 15.8. The molecule has 1 aromatic rings. The molecule has 2 rings (SSSR count). The van der Waals surface area contributed by atoms with Gasteiger partial charge in [0.15, 0.2) is 11.6 Å². The molecule has 1 fully saturated rings. The van der Waals surface area contributed by atoms with Crippen LogP contribution in [0.2, 0.25) is 0 Å². The maximum atomic E-state index is 13.1. The number of nitrogens with zero attached hydrogens (tertiary/aromatic N) is 1. The first-order chi connectivity index (χ1) is 10.0. The number of carbonyl (C=O) groups is 2. The van der Waals surface area contributed by atoms with Gasteiger partial charge in [-0.1, -0.05) is 0 Å². The van der Waals surface area contributed by atoms with Crippen LogP contribution in [-0.2, 0) is 14.3 Å². The predicted octanol–water partition coefficient (Wildman–Crippen LogP) is 2.22. The largest absolute Gasteiger partial charge is 0.467 e. The number of halogens is 2. The van der Waals surface area contributed by atoms with E-state index in [0.29, 0.717) is 17.9 Å². The van der Waals surface area contributed by atoms with Crippen LogP contribution in [-0.4, -0.2) is 42.2 Å². The zero-order valence-corrected chi connectivity index (χ0v) is 12.3. The molecule has 114 valence electrons. The van der Waals surface area contributed by atoms with Gasteiger partial charge in [0.25, 0.3) is 0 Å². The highest BCUT2D eigenvalue weighted by molar-refractivity contribution is 8.00. The van der Waals surface area contributed by atoms with E-state index in [9.17, 15) is 18.4 Å². The van der Waals surface area contributed by atoms with Crippen LogP contribution in [0.5, 0.6) is 0 Å². The van der Waals surface area contributed by atoms with E-state index >= 15 is 0 Å².